The number of aromatic amines is 1. The lowest BCUT2D eigenvalue weighted by molar-refractivity contribution is -0.577. The number of hydrogen-bond donors (Lipinski definition) is 3. The number of carbonyl (C=O) groups excluding carboxylic acids is 1. The summed E-state index contributed by atoms with van der Waals surface area (Å²) in [6.07, 6.45) is 5.73. The van der Waals surface area contributed by atoms with Gasteiger partial charge in [0.15, 0.2) is 11.4 Å². The van der Waals surface area contributed by atoms with Crippen molar-refractivity contribution in [1.29, 1.82) is 0 Å². The molecule has 0 bridgehead atoms. The highest BCUT2D eigenvalue weighted by Gasteiger charge is 2.28. The van der Waals surface area contributed by atoms with Crippen LogP contribution < -0.4 is 21.1 Å². The third-order valence-corrected chi connectivity index (χ3v) is 9.02. The minimum atomic E-state index is -3.23. The van der Waals surface area contributed by atoms with Crippen molar-refractivity contribution in [1.82, 2.24) is 29.3 Å². The molecule has 0 aliphatic carbocycles. The molecule has 13 heteroatoms. The van der Waals surface area contributed by atoms with Crippen LogP contribution in [0.4, 0.5) is 5.82 Å². The number of fused-ring (bicyclic) bond motifs is 2. The van der Waals surface area contributed by atoms with E-state index in [9.17, 15) is 18.0 Å². The standard InChI is InChI=1S/C31H30N8O4S/c1-20(34-30(40)26-27(32)36-38-17-7-16-33-29(26)38)28-35-24-11-6-8-22(13-12-21-14-18-37(19-15-21)44(2,42)43)25(24)31(41)39(28)23-9-4-3-5-10-23/h3-11,16-17,20-21H,14-15,18-19H2,1-2H3,(H3,32,34,36,40)/p+1. The third-order valence-electron chi connectivity index (χ3n) is 7.71. The predicted molar refractivity (Wildman–Crippen MR) is 165 cm³/mol. The Morgan fingerprint density at radius 1 is 1.14 bits per heavy atom. The second kappa shape index (κ2) is 11.6. The Morgan fingerprint density at radius 3 is 2.61 bits per heavy atom. The highest BCUT2D eigenvalue weighted by molar-refractivity contribution is 7.88. The lowest BCUT2D eigenvalue weighted by Crippen LogP contribution is -2.37. The van der Waals surface area contributed by atoms with Crippen LogP contribution in [0.2, 0.25) is 0 Å². The highest BCUT2D eigenvalue weighted by atomic mass is 32.2. The molecule has 1 fully saturated rings. The summed E-state index contributed by atoms with van der Waals surface area (Å²) < 4.78 is 28.3. The summed E-state index contributed by atoms with van der Waals surface area (Å²) in [5.41, 5.74) is 7.92. The van der Waals surface area contributed by atoms with Gasteiger partial charge in [0, 0.05) is 30.6 Å². The molecule has 1 aliphatic heterocycles. The van der Waals surface area contributed by atoms with Crippen molar-refractivity contribution in [3.05, 3.63) is 94.3 Å². The molecule has 0 saturated carbocycles. The zero-order chi connectivity index (χ0) is 31.0. The van der Waals surface area contributed by atoms with Crippen LogP contribution in [0.3, 0.4) is 0 Å². The van der Waals surface area contributed by atoms with Gasteiger partial charge in [0.2, 0.25) is 10.0 Å². The molecule has 1 saturated heterocycles. The number of para-hydroxylation sites is 1. The average Bonchev–Trinajstić information content (AvgIpc) is 3.35. The van der Waals surface area contributed by atoms with Crippen LogP contribution in [0.15, 0.2) is 71.8 Å². The maximum absolute atomic E-state index is 14.3. The number of hydrogen-bond acceptors (Lipinski definition) is 7. The van der Waals surface area contributed by atoms with Gasteiger partial charge in [0.25, 0.3) is 11.5 Å². The van der Waals surface area contributed by atoms with Gasteiger partial charge in [-0.15, -0.1) is 4.52 Å². The van der Waals surface area contributed by atoms with Gasteiger partial charge in [-0.1, -0.05) is 36.1 Å². The molecule has 2 aromatic carbocycles. The number of nitrogen functional groups attached to an aromatic ring is 1. The Balaban J connectivity index is 1.39. The number of rotatable bonds is 5. The van der Waals surface area contributed by atoms with Crippen LogP contribution in [-0.2, 0) is 10.0 Å². The number of nitrogens with two attached hydrogens (primary N) is 1. The summed E-state index contributed by atoms with van der Waals surface area (Å²) in [6, 6.07) is 15.4. The van der Waals surface area contributed by atoms with Crippen LogP contribution in [0.1, 0.15) is 47.6 Å². The summed E-state index contributed by atoms with van der Waals surface area (Å²) in [4.78, 5) is 36.9. The number of amides is 1. The molecule has 1 unspecified atom stereocenters. The van der Waals surface area contributed by atoms with Gasteiger partial charge in [-0.2, -0.15) is 0 Å². The molecule has 44 heavy (non-hydrogen) atoms. The van der Waals surface area contributed by atoms with E-state index in [0.717, 1.165) is 0 Å². The average molecular weight is 612 g/mol. The Kier molecular flexibility index (Phi) is 7.62. The fourth-order valence-electron chi connectivity index (χ4n) is 5.49. The Labute approximate surface area is 253 Å². The van der Waals surface area contributed by atoms with E-state index in [2.05, 4.69) is 27.2 Å². The normalized spacial score (nSPS) is 15.1. The van der Waals surface area contributed by atoms with Gasteiger partial charge < -0.3 is 11.1 Å². The first-order valence-electron chi connectivity index (χ1n) is 14.1. The maximum atomic E-state index is 14.3. The molecule has 0 spiro atoms. The number of anilines is 1. The fraction of sp³-hybridized carbons (Fsp3) is 0.258. The predicted octanol–water partition coefficient (Wildman–Crippen LogP) is 1.94. The number of H-pyrrole nitrogens is 1. The molecule has 224 valence electrons. The molecule has 1 amide bonds. The molecular formula is C31H31N8O4S+. The van der Waals surface area contributed by atoms with Crippen LogP contribution >= 0.6 is 0 Å². The fourth-order valence-corrected chi connectivity index (χ4v) is 6.36. The summed E-state index contributed by atoms with van der Waals surface area (Å²) in [7, 11) is -3.23. The molecule has 5 aromatic rings. The van der Waals surface area contributed by atoms with Crippen LogP contribution in [0.5, 0.6) is 0 Å². The number of piperidine rings is 1. The topological polar surface area (TPSA) is 160 Å². The molecule has 12 nitrogen and oxygen atoms in total. The van der Waals surface area contributed by atoms with Crippen molar-refractivity contribution >= 4 is 38.3 Å². The Hall–Kier alpha value is -5.06. The highest BCUT2D eigenvalue weighted by Crippen LogP contribution is 2.23. The van der Waals surface area contributed by atoms with E-state index in [-0.39, 0.29) is 22.9 Å². The lowest BCUT2D eigenvalue weighted by atomic mass is 9.98. The van der Waals surface area contributed by atoms with E-state index >= 15 is 0 Å². The van der Waals surface area contributed by atoms with Crippen molar-refractivity contribution in [2.75, 3.05) is 25.1 Å². The summed E-state index contributed by atoms with van der Waals surface area (Å²) in [5, 5.41) is 6.20. The van der Waals surface area contributed by atoms with E-state index in [1.54, 1.807) is 60.2 Å². The number of nitrogens with one attached hydrogen (secondary N) is 2. The van der Waals surface area contributed by atoms with Crippen molar-refractivity contribution < 1.29 is 17.7 Å². The molecule has 0 radical (unpaired) electrons. The van der Waals surface area contributed by atoms with Crippen LogP contribution in [0, 0.1) is 17.8 Å². The van der Waals surface area contributed by atoms with E-state index in [1.165, 1.54) is 15.1 Å². The number of aromatic nitrogens is 5. The minimum Gasteiger partial charge on any atom is -0.382 e. The molecular weight excluding hydrogens is 580 g/mol. The van der Waals surface area contributed by atoms with Crippen molar-refractivity contribution in [3.8, 4) is 17.5 Å². The van der Waals surface area contributed by atoms with Gasteiger partial charge in [-0.05, 0) is 49.0 Å². The maximum Gasteiger partial charge on any atom is 0.362 e. The van der Waals surface area contributed by atoms with E-state index in [4.69, 9.17) is 10.7 Å². The monoisotopic (exact) mass is 611 g/mol. The second-order valence-electron chi connectivity index (χ2n) is 10.8. The molecule has 1 atom stereocenters. The van der Waals surface area contributed by atoms with Gasteiger partial charge in [0.1, 0.15) is 18.2 Å². The molecule has 4 heterocycles. The van der Waals surface area contributed by atoms with Gasteiger partial charge in [-0.3, -0.25) is 14.2 Å². The second-order valence-corrected chi connectivity index (χ2v) is 12.7. The first-order chi connectivity index (χ1) is 21.1. The SMILES string of the molecule is CC(NC(=O)c1c(N)[nH][n+]2cccnc12)c1nc2cccc(C#CC3CCN(S(C)(=O)=O)CC3)c2c(=O)n1-c1ccccc1. The molecule has 3 aromatic heterocycles. The zero-order valence-corrected chi connectivity index (χ0v) is 25.0. The minimum absolute atomic E-state index is 0.00618. The van der Waals surface area contributed by atoms with E-state index in [1.807, 2.05) is 18.2 Å². The Bertz CT molecular complexity index is 2120. The quantitative estimate of drug-likeness (QED) is 0.202. The number of nitrogens with zero attached hydrogens (tertiary/aromatic N) is 5. The number of sulfonamides is 1. The van der Waals surface area contributed by atoms with Crippen molar-refractivity contribution in [2.45, 2.75) is 25.8 Å². The Morgan fingerprint density at radius 2 is 1.89 bits per heavy atom. The number of benzene rings is 2. The largest absolute Gasteiger partial charge is 0.382 e. The lowest BCUT2D eigenvalue weighted by Gasteiger charge is -2.27. The van der Waals surface area contributed by atoms with Crippen molar-refractivity contribution in [2.24, 2.45) is 5.92 Å². The first kappa shape index (κ1) is 29.0. The van der Waals surface area contributed by atoms with Gasteiger partial charge in [0.05, 0.1) is 28.9 Å². The smallest absolute Gasteiger partial charge is 0.362 e. The first-order valence-corrected chi connectivity index (χ1v) is 16.0. The van der Waals surface area contributed by atoms with E-state index in [0.29, 0.717) is 59.6 Å². The van der Waals surface area contributed by atoms with Gasteiger partial charge >= 0.3 is 5.65 Å². The van der Waals surface area contributed by atoms with Crippen LogP contribution in [-0.4, -0.2) is 57.6 Å². The molecule has 1 aliphatic rings. The molecule has 4 N–H and O–H groups in total. The molecule has 6 rings (SSSR count). The third kappa shape index (κ3) is 5.52. The summed E-state index contributed by atoms with van der Waals surface area (Å²) in [6.45, 7) is 2.59. The van der Waals surface area contributed by atoms with E-state index < -0.39 is 22.0 Å². The van der Waals surface area contributed by atoms with Gasteiger partial charge in [-0.25, -0.2) is 22.8 Å². The summed E-state index contributed by atoms with van der Waals surface area (Å²) >= 11 is 0. The van der Waals surface area contributed by atoms with Crippen molar-refractivity contribution in [3.63, 3.8) is 0 Å². The number of carbonyl (C=O) groups is 1. The zero-order valence-electron chi connectivity index (χ0n) is 24.2. The summed E-state index contributed by atoms with van der Waals surface area (Å²) in [5.74, 6) is 6.47. The van der Waals surface area contributed by atoms with Crippen LogP contribution in [0.25, 0.3) is 22.2 Å².